The van der Waals surface area contributed by atoms with Gasteiger partial charge in [0.05, 0.1) is 12.8 Å². The minimum Gasteiger partial charge on any atom is -0.467 e. The van der Waals surface area contributed by atoms with Crippen LogP contribution < -0.4 is 16.7 Å². The second-order valence-electron chi connectivity index (χ2n) is 4.12. The number of hydrogen-bond acceptors (Lipinski definition) is 5. The lowest BCUT2D eigenvalue weighted by atomic mass is 10.3. The van der Waals surface area contributed by atoms with E-state index in [-0.39, 0.29) is 12.5 Å². The zero-order valence-corrected chi connectivity index (χ0v) is 10.7. The Morgan fingerprint density at radius 2 is 2.32 bits per heavy atom. The Labute approximate surface area is 109 Å². The topological polar surface area (TPSA) is 92.9 Å². The van der Waals surface area contributed by atoms with Gasteiger partial charge in [-0.15, -0.1) is 0 Å². The number of unbranched alkanes of at least 4 members (excludes halogenated alkanes) is 1. The summed E-state index contributed by atoms with van der Waals surface area (Å²) in [5, 5.41) is 2.91. The largest absolute Gasteiger partial charge is 0.467 e. The standard InChI is InChI=1S/C12H16N4O3/c1-2-3-6-13-10-14-11(17)16(12(18)15-10)8-9-5-4-7-19-9/h4-5,7H,2-3,6,8H2,1H3,(H2,13,14,15,17,18). The Kier molecular flexibility index (Phi) is 4.17. The van der Waals surface area contributed by atoms with E-state index in [4.69, 9.17) is 4.42 Å². The summed E-state index contributed by atoms with van der Waals surface area (Å²) >= 11 is 0. The number of H-pyrrole nitrogens is 1. The molecule has 0 bridgehead atoms. The monoisotopic (exact) mass is 264 g/mol. The molecule has 2 N–H and O–H groups in total. The van der Waals surface area contributed by atoms with E-state index < -0.39 is 11.4 Å². The first kappa shape index (κ1) is 13.1. The maximum atomic E-state index is 11.8. The molecule has 0 aliphatic rings. The second kappa shape index (κ2) is 6.03. The summed E-state index contributed by atoms with van der Waals surface area (Å²) in [5.74, 6) is 0.736. The van der Waals surface area contributed by atoms with Gasteiger partial charge in [-0.05, 0) is 18.6 Å². The molecule has 7 heteroatoms. The number of nitrogens with zero attached hydrogens (tertiary/aromatic N) is 2. The van der Waals surface area contributed by atoms with Crippen LogP contribution in [-0.4, -0.2) is 21.1 Å². The van der Waals surface area contributed by atoms with Crippen molar-refractivity contribution in [1.82, 2.24) is 14.5 Å². The normalized spacial score (nSPS) is 10.6. The molecule has 0 radical (unpaired) electrons. The molecular formula is C12H16N4O3. The Bertz CT molecular complexity index is 596. The molecule has 102 valence electrons. The highest BCUT2D eigenvalue weighted by Gasteiger charge is 2.07. The molecule has 2 heterocycles. The Balaban J connectivity index is 2.18. The molecule has 0 saturated heterocycles. The molecule has 0 aliphatic heterocycles. The second-order valence-corrected chi connectivity index (χ2v) is 4.12. The number of aromatic amines is 1. The Morgan fingerprint density at radius 1 is 1.47 bits per heavy atom. The van der Waals surface area contributed by atoms with Gasteiger partial charge in [0.1, 0.15) is 5.76 Å². The van der Waals surface area contributed by atoms with Gasteiger partial charge in [-0.1, -0.05) is 13.3 Å². The number of aromatic nitrogens is 3. The molecule has 0 spiro atoms. The summed E-state index contributed by atoms with van der Waals surface area (Å²) in [6, 6.07) is 3.39. The zero-order valence-electron chi connectivity index (χ0n) is 10.7. The molecule has 0 aliphatic carbocycles. The van der Waals surface area contributed by atoms with Crippen LogP contribution in [-0.2, 0) is 6.54 Å². The highest BCUT2D eigenvalue weighted by atomic mass is 16.3. The van der Waals surface area contributed by atoms with Gasteiger partial charge in [0, 0.05) is 6.54 Å². The van der Waals surface area contributed by atoms with E-state index >= 15 is 0 Å². The Morgan fingerprint density at radius 3 is 2.95 bits per heavy atom. The van der Waals surface area contributed by atoms with Crippen molar-refractivity contribution in [3.05, 3.63) is 45.1 Å². The molecule has 0 aromatic carbocycles. The molecule has 0 atom stereocenters. The van der Waals surface area contributed by atoms with Crippen LogP contribution in [0.1, 0.15) is 25.5 Å². The predicted octanol–water partition coefficient (Wildman–Crippen LogP) is 0.785. The molecule has 19 heavy (non-hydrogen) atoms. The van der Waals surface area contributed by atoms with E-state index in [1.165, 1.54) is 6.26 Å². The first-order valence-corrected chi connectivity index (χ1v) is 6.18. The number of hydrogen-bond donors (Lipinski definition) is 2. The fraction of sp³-hybridized carbons (Fsp3) is 0.417. The van der Waals surface area contributed by atoms with Crippen molar-refractivity contribution in [3.63, 3.8) is 0 Å². The van der Waals surface area contributed by atoms with Crippen LogP contribution in [0.25, 0.3) is 0 Å². The average Bonchev–Trinajstić information content (AvgIpc) is 2.87. The number of nitrogens with one attached hydrogen (secondary N) is 2. The Hall–Kier alpha value is -2.31. The third kappa shape index (κ3) is 3.34. The van der Waals surface area contributed by atoms with Crippen molar-refractivity contribution in [2.45, 2.75) is 26.3 Å². The van der Waals surface area contributed by atoms with E-state index in [2.05, 4.69) is 22.2 Å². The molecule has 0 saturated carbocycles. The predicted molar refractivity (Wildman–Crippen MR) is 70.3 cm³/mol. The third-order valence-electron chi connectivity index (χ3n) is 2.63. The maximum Gasteiger partial charge on any atom is 0.355 e. The molecule has 2 aromatic heterocycles. The molecule has 0 amide bonds. The van der Waals surface area contributed by atoms with E-state index in [0.29, 0.717) is 12.3 Å². The van der Waals surface area contributed by atoms with Crippen LogP contribution in [0.5, 0.6) is 0 Å². The van der Waals surface area contributed by atoms with Crippen molar-refractivity contribution in [3.8, 4) is 0 Å². The van der Waals surface area contributed by atoms with Crippen LogP contribution in [0.4, 0.5) is 5.95 Å². The van der Waals surface area contributed by atoms with Crippen molar-refractivity contribution < 1.29 is 4.42 Å². The van der Waals surface area contributed by atoms with Gasteiger partial charge in [-0.2, -0.15) is 4.98 Å². The van der Waals surface area contributed by atoms with Gasteiger partial charge in [0.15, 0.2) is 0 Å². The molecular weight excluding hydrogens is 248 g/mol. The zero-order chi connectivity index (χ0) is 13.7. The lowest BCUT2D eigenvalue weighted by Crippen LogP contribution is -2.38. The van der Waals surface area contributed by atoms with Gasteiger partial charge in [-0.3, -0.25) is 4.98 Å². The van der Waals surface area contributed by atoms with Gasteiger partial charge in [0.2, 0.25) is 5.95 Å². The highest BCUT2D eigenvalue weighted by Crippen LogP contribution is 2.00. The third-order valence-corrected chi connectivity index (χ3v) is 2.63. The fourth-order valence-corrected chi connectivity index (χ4v) is 1.60. The lowest BCUT2D eigenvalue weighted by Gasteiger charge is -2.05. The van der Waals surface area contributed by atoms with Crippen molar-refractivity contribution in [1.29, 1.82) is 0 Å². The van der Waals surface area contributed by atoms with Gasteiger partial charge < -0.3 is 9.73 Å². The molecule has 2 rings (SSSR count). The first-order chi connectivity index (χ1) is 9.20. The van der Waals surface area contributed by atoms with Gasteiger partial charge >= 0.3 is 11.4 Å². The van der Waals surface area contributed by atoms with Crippen LogP contribution in [0.3, 0.4) is 0 Å². The van der Waals surface area contributed by atoms with Crippen LogP contribution in [0, 0.1) is 0 Å². The highest BCUT2D eigenvalue weighted by molar-refractivity contribution is 5.20. The summed E-state index contributed by atoms with van der Waals surface area (Å²) in [7, 11) is 0. The van der Waals surface area contributed by atoms with E-state index in [9.17, 15) is 9.59 Å². The summed E-state index contributed by atoms with van der Waals surface area (Å²) in [4.78, 5) is 29.9. The molecule has 0 unspecified atom stereocenters. The van der Waals surface area contributed by atoms with Gasteiger partial charge in [0.25, 0.3) is 0 Å². The first-order valence-electron chi connectivity index (χ1n) is 6.18. The molecule has 2 aromatic rings. The van der Waals surface area contributed by atoms with Crippen LogP contribution >= 0.6 is 0 Å². The van der Waals surface area contributed by atoms with Crippen LogP contribution in [0.2, 0.25) is 0 Å². The summed E-state index contributed by atoms with van der Waals surface area (Å²) in [6.45, 7) is 2.80. The minimum atomic E-state index is -0.598. The SMILES string of the molecule is CCCCNc1nc(=O)n(Cc2ccco2)c(=O)[nH]1. The average molecular weight is 264 g/mol. The van der Waals surface area contributed by atoms with Gasteiger partial charge in [-0.25, -0.2) is 14.2 Å². The van der Waals surface area contributed by atoms with E-state index in [1.807, 2.05) is 0 Å². The maximum absolute atomic E-state index is 11.8. The summed E-state index contributed by atoms with van der Waals surface area (Å²) in [6.07, 6.45) is 3.45. The minimum absolute atomic E-state index is 0.0728. The van der Waals surface area contributed by atoms with Crippen molar-refractivity contribution in [2.24, 2.45) is 0 Å². The van der Waals surface area contributed by atoms with Crippen molar-refractivity contribution >= 4 is 5.95 Å². The molecule has 7 nitrogen and oxygen atoms in total. The number of rotatable bonds is 6. The quantitative estimate of drug-likeness (QED) is 0.752. The lowest BCUT2D eigenvalue weighted by molar-refractivity contribution is 0.480. The smallest absolute Gasteiger partial charge is 0.355 e. The van der Waals surface area contributed by atoms with Crippen LogP contribution in [0.15, 0.2) is 32.4 Å². The van der Waals surface area contributed by atoms with E-state index in [0.717, 1.165) is 17.4 Å². The summed E-state index contributed by atoms with van der Waals surface area (Å²) in [5.41, 5.74) is -1.10. The summed E-state index contributed by atoms with van der Waals surface area (Å²) < 4.78 is 6.09. The fourth-order valence-electron chi connectivity index (χ4n) is 1.60. The van der Waals surface area contributed by atoms with E-state index in [1.54, 1.807) is 12.1 Å². The number of furan rings is 1. The molecule has 0 fully saturated rings. The van der Waals surface area contributed by atoms with Crippen molar-refractivity contribution in [2.75, 3.05) is 11.9 Å². The number of anilines is 1.